The van der Waals surface area contributed by atoms with E-state index in [0.717, 1.165) is 24.2 Å². The predicted molar refractivity (Wildman–Crippen MR) is 65.5 cm³/mol. The zero-order valence-electron chi connectivity index (χ0n) is 6.55. The van der Waals surface area contributed by atoms with Crippen LogP contribution in [0.4, 0.5) is 0 Å². The van der Waals surface area contributed by atoms with Crippen molar-refractivity contribution in [1.82, 2.24) is 0 Å². The molecule has 1 aromatic heterocycles. The lowest BCUT2D eigenvalue weighted by Gasteiger charge is -2.00. The van der Waals surface area contributed by atoms with E-state index < -0.39 is 0 Å². The van der Waals surface area contributed by atoms with E-state index in [4.69, 9.17) is 16.7 Å². The van der Waals surface area contributed by atoms with Crippen LogP contribution in [0.2, 0.25) is 5.02 Å². The normalized spacial score (nSPS) is 11.0. The van der Waals surface area contributed by atoms with Gasteiger partial charge in [-0.15, -0.1) is 11.3 Å². The number of benzene rings is 1. The van der Waals surface area contributed by atoms with Crippen LogP contribution in [-0.4, -0.2) is 5.11 Å². The Hall–Kier alpha value is 0.160. The first-order valence-corrected chi connectivity index (χ1v) is 6.02. The lowest BCUT2D eigenvalue weighted by Crippen LogP contribution is -1.84. The van der Waals surface area contributed by atoms with Crippen molar-refractivity contribution in [2.24, 2.45) is 0 Å². The van der Waals surface area contributed by atoms with Gasteiger partial charge in [0, 0.05) is 19.0 Å². The molecule has 2 aromatic rings. The minimum Gasteiger partial charge on any atom is -0.392 e. The van der Waals surface area contributed by atoms with Gasteiger partial charge in [0.1, 0.15) is 0 Å². The van der Waals surface area contributed by atoms with E-state index in [1.807, 2.05) is 17.5 Å². The molecule has 0 radical (unpaired) electrons. The van der Waals surface area contributed by atoms with Crippen molar-refractivity contribution in [3.63, 3.8) is 0 Å². The summed E-state index contributed by atoms with van der Waals surface area (Å²) in [6.45, 7) is 0.0737. The van der Waals surface area contributed by atoms with Crippen LogP contribution in [0.15, 0.2) is 17.5 Å². The maximum Gasteiger partial charge on any atom is 0.0695 e. The number of rotatable bonds is 1. The Morgan fingerprint density at radius 3 is 2.92 bits per heavy atom. The summed E-state index contributed by atoms with van der Waals surface area (Å²) in [6, 6.07) is 3.92. The Balaban J connectivity index is 2.87. The molecule has 1 N–H and O–H groups in total. The molecular formula is C9H6ClIOS. The molecule has 0 unspecified atom stereocenters. The Morgan fingerprint density at radius 1 is 1.46 bits per heavy atom. The van der Waals surface area contributed by atoms with Crippen LogP contribution in [0.1, 0.15) is 5.56 Å². The van der Waals surface area contributed by atoms with Gasteiger partial charge in [0.2, 0.25) is 0 Å². The van der Waals surface area contributed by atoms with Gasteiger partial charge in [-0.25, -0.2) is 0 Å². The summed E-state index contributed by atoms with van der Waals surface area (Å²) >= 11 is 9.87. The van der Waals surface area contributed by atoms with Crippen molar-refractivity contribution in [3.05, 3.63) is 31.7 Å². The molecule has 1 aromatic carbocycles. The lowest BCUT2D eigenvalue weighted by molar-refractivity contribution is 0.283. The molecule has 0 spiro atoms. The average molecular weight is 325 g/mol. The molecule has 0 amide bonds. The molecule has 68 valence electrons. The maximum atomic E-state index is 9.10. The summed E-state index contributed by atoms with van der Waals surface area (Å²) in [6.07, 6.45) is 0. The van der Waals surface area contributed by atoms with E-state index in [2.05, 4.69) is 22.6 Å². The molecule has 0 aliphatic heterocycles. The van der Waals surface area contributed by atoms with E-state index in [1.54, 1.807) is 11.3 Å². The topological polar surface area (TPSA) is 20.2 Å². The highest BCUT2D eigenvalue weighted by molar-refractivity contribution is 14.1. The molecule has 0 aliphatic carbocycles. The van der Waals surface area contributed by atoms with Crippen molar-refractivity contribution in [2.75, 3.05) is 0 Å². The standard InChI is InChI=1S/C9H6ClIOS/c10-6-4-13-9-5(3-12)1-2-7(11)8(6)9/h1-2,4,12H,3H2. The molecule has 0 fully saturated rings. The zero-order chi connectivity index (χ0) is 9.42. The molecule has 1 heterocycles. The molecule has 0 saturated carbocycles. The molecule has 0 atom stereocenters. The second-order valence-electron chi connectivity index (χ2n) is 2.65. The smallest absolute Gasteiger partial charge is 0.0695 e. The van der Waals surface area contributed by atoms with Gasteiger partial charge < -0.3 is 5.11 Å². The Kier molecular flexibility index (Phi) is 2.78. The minimum atomic E-state index is 0.0737. The molecule has 13 heavy (non-hydrogen) atoms. The first-order chi connectivity index (χ1) is 6.24. The molecule has 0 aliphatic rings. The zero-order valence-corrected chi connectivity index (χ0v) is 10.3. The van der Waals surface area contributed by atoms with Gasteiger partial charge in [-0.3, -0.25) is 0 Å². The fourth-order valence-corrected chi connectivity index (χ4v) is 3.68. The predicted octanol–water partition coefficient (Wildman–Crippen LogP) is 3.65. The van der Waals surface area contributed by atoms with Gasteiger partial charge in [0.05, 0.1) is 11.6 Å². The van der Waals surface area contributed by atoms with Crippen LogP contribution in [0.5, 0.6) is 0 Å². The second-order valence-corrected chi connectivity index (χ2v) is 5.10. The van der Waals surface area contributed by atoms with Crippen molar-refractivity contribution >= 4 is 55.6 Å². The Bertz CT molecular complexity index is 452. The van der Waals surface area contributed by atoms with E-state index in [1.165, 1.54) is 0 Å². The van der Waals surface area contributed by atoms with Crippen molar-refractivity contribution < 1.29 is 5.11 Å². The highest BCUT2D eigenvalue weighted by atomic mass is 127. The van der Waals surface area contributed by atoms with E-state index in [0.29, 0.717) is 0 Å². The molecule has 4 heteroatoms. The third kappa shape index (κ3) is 1.58. The van der Waals surface area contributed by atoms with Crippen LogP contribution in [0, 0.1) is 3.57 Å². The van der Waals surface area contributed by atoms with Crippen molar-refractivity contribution in [2.45, 2.75) is 6.61 Å². The summed E-state index contributed by atoms with van der Waals surface area (Å²) in [5.41, 5.74) is 0.951. The van der Waals surface area contributed by atoms with E-state index >= 15 is 0 Å². The van der Waals surface area contributed by atoms with Gasteiger partial charge in [0.25, 0.3) is 0 Å². The number of hydrogen-bond acceptors (Lipinski definition) is 2. The highest BCUT2D eigenvalue weighted by Gasteiger charge is 2.08. The number of fused-ring (bicyclic) bond motifs is 1. The number of aliphatic hydroxyl groups excluding tert-OH is 1. The third-order valence-corrected chi connectivity index (χ3v) is 4.26. The quantitative estimate of drug-likeness (QED) is 0.794. The van der Waals surface area contributed by atoms with Gasteiger partial charge in [-0.05, 0) is 34.2 Å². The molecule has 0 bridgehead atoms. The van der Waals surface area contributed by atoms with Gasteiger partial charge >= 0.3 is 0 Å². The summed E-state index contributed by atoms with van der Waals surface area (Å²) in [7, 11) is 0. The van der Waals surface area contributed by atoms with Gasteiger partial charge in [-0.1, -0.05) is 17.7 Å². The van der Waals surface area contributed by atoms with Crippen LogP contribution in [-0.2, 0) is 6.61 Å². The number of thiophene rings is 1. The number of halogens is 2. The fourth-order valence-electron chi connectivity index (χ4n) is 1.25. The van der Waals surface area contributed by atoms with Crippen LogP contribution >= 0.6 is 45.5 Å². The van der Waals surface area contributed by atoms with Crippen LogP contribution in [0.3, 0.4) is 0 Å². The maximum absolute atomic E-state index is 9.10. The average Bonchev–Trinajstić information content (AvgIpc) is 2.50. The molecular weight excluding hydrogens is 319 g/mol. The first-order valence-electron chi connectivity index (χ1n) is 3.69. The van der Waals surface area contributed by atoms with Gasteiger partial charge in [-0.2, -0.15) is 0 Å². The van der Waals surface area contributed by atoms with Crippen molar-refractivity contribution in [1.29, 1.82) is 0 Å². The monoisotopic (exact) mass is 324 g/mol. The molecule has 1 nitrogen and oxygen atoms in total. The third-order valence-electron chi connectivity index (χ3n) is 1.88. The molecule has 2 rings (SSSR count). The molecule has 0 saturated heterocycles. The Labute approximate surface area is 98.5 Å². The van der Waals surface area contributed by atoms with Crippen LogP contribution < -0.4 is 0 Å². The van der Waals surface area contributed by atoms with Gasteiger partial charge in [0.15, 0.2) is 0 Å². The first kappa shape index (κ1) is 9.71. The number of hydrogen-bond donors (Lipinski definition) is 1. The number of aliphatic hydroxyl groups is 1. The lowest BCUT2D eigenvalue weighted by atomic mass is 10.2. The fraction of sp³-hybridized carbons (Fsp3) is 0.111. The van der Waals surface area contributed by atoms with E-state index in [-0.39, 0.29) is 6.61 Å². The van der Waals surface area contributed by atoms with Crippen LogP contribution in [0.25, 0.3) is 10.1 Å². The van der Waals surface area contributed by atoms with Crippen molar-refractivity contribution in [3.8, 4) is 0 Å². The second kappa shape index (κ2) is 3.73. The SMILES string of the molecule is OCc1ccc(I)c2c(Cl)csc12. The highest BCUT2D eigenvalue weighted by Crippen LogP contribution is 2.35. The van der Waals surface area contributed by atoms with E-state index in [9.17, 15) is 0 Å². The largest absolute Gasteiger partial charge is 0.392 e. The summed E-state index contributed by atoms with van der Waals surface area (Å²) in [5.74, 6) is 0. The Morgan fingerprint density at radius 2 is 2.23 bits per heavy atom. The minimum absolute atomic E-state index is 0.0737. The summed E-state index contributed by atoms with van der Waals surface area (Å²) in [4.78, 5) is 0. The summed E-state index contributed by atoms with van der Waals surface area (Å²) < 4.78 is 2.23. The summed E-state index contributed by atoms with van der Waals surface area (Å²) in [5, 5.41) is 12.9.